The van der Waals surface area contributed by atoms with Crippen LogP contribution in [-0.2, 0) is 11.2 Å². The third kappa shape index (κ3) is 5.76. The van der Waals surface area contributed by atoms with Gasteiger partial charge in [0.1, 0.15) is 11.9 Å². The maximum Gasteiger partial charge on any atom is 0.338 e. The molecule has 2 bridgehead atoms. The molecular weight excluding hydrogens is 548 g/mol. The summed E-state index contributed by atoms with van der Waals surface area (Å²) in [6.07, 6.45) is 4.67. The fraction of sp³-hybridized carbons (Fsp3) is 0.593. The summed E-state index contributed by atoms with van der Waals surface area (Å²) in [5.41, 5.74) is 1.98. The lowest BCUT2D eigenvalue weighted by Gasteiger charge is -2.48. The fourth-order valence-electron chi connectivity index (χ4n) is 5.24. The molecule has 2 aliphatic rings. The standard InChI is InChI=1S/C27H36Br2O4/c1-16(2)22-10-13-27(5,32)24(29)11-12-26(4)20(17(3)6-9-23(26)28)15-19-14-18(25(31)33-22)7-8-21(19)30/h7-8,14,20,22-24,30,32H,1,3,6,9-13,15H2,2,4-5H3. The number of aromatic hydroxyl groups is 1. The number of benzene rings is 1. The maximum absolute atomic E-state index is 13.0. The second-order valence-corrected chi connectivity index (χ2v) is 12.6. The third-order valence-electron chi connectivity index (χ3n) is 7.79. The zero-order chi connectivity index (χ0) is 24.6. The van der Waals surface area contributed by atoms with Crippen molar-refractivity contribution in [2.75, 3.05) is 0 Å². The molecule has 1 saturated carbocycles. The Balaban J connectivity index is 2.05. The summed E-state index contributed by atoms with van der Waals surface area (Å²) in [6, 6.07) is 4.93. The molecule has 3 rings (SSSR count). The lowest BCUT2D eigenvalue weighted by molar-refractivity contribution is 0.0132. The molecule has 0 aromatic heterocycles. The highest BCUT2D eigenvalue weighted by molar-refractivity contribution is 9.09. The van der Waals surface area contributed by atoms with Crippen molar-refractivity contribution in [1.29, 1.82) is 0 Å². The Morgan fingerprint density at radius 2 is 1.85 bits per heavy atom. The smallest absolute Gasteiger partial charge is 0.338 e. The largest absolute Gasteiger partial charge is 0.508 e. The van der Waals surface area contributed by atoms with Gasteiger partial charge in [-0.25, -0.2) is 4.79 Å². The van der Waals surface area contributed by atoms with Gasteiger partial charge in [0.15, 0.2) is 0 Å². The van der Waals surface area contributed by atoms with Crippen LogP contribution >= 0.6 is 31.9 Å². The maximum atomic E-state index is 13.0. The molecule has 0 spiro atoms. The van der Waals surface area contributed by atoms with Crippen molar-refractivity contribution < 1.29 is 19.7 Å². The van der Waals surface area contributed by atoms with Crippen molar-refractivity contribution in [2.24, 2.45) is 11.3 Å². The van der Waals surface area contributed by atoms with E-state index in [9.17, 15) is 15.0 Å². The first-order chi connectivity index (χ1) is 15.3. The number of rotatable bonds is 1. The third-order valence-corrected chi connectivity index (χ3v) is 10.7. The molecule has 1 aromatic rings. The quantitative estimate of drug-likeness (QED) is 0.215. The number of carbonyl (C=O) groups excluding carboxylic acids is 1. The van der Waals surface area contributed by atoms with Gasteiger partial charge in [-0.05, 0) is 99.5 Å². The van der Waals surface area contributed by atoms with Crippen molar-refractivity contribution in [2.45, 2.75) is 87.1 Å². The number of hydrogen-bond acceptors (Lipinski definition) is 4. The second kappa shape index (κ2) is 10.2. The van der Waals surface area contributed by atoms with Crippen LogP contribution < -0.4 is 0 Å². The predicted molar refractivity (Wildman–Crippen MR) is 140 cm³/mol. The molecule has 1 aliphatic carbocycles. The average molecular weight is 584 g/mol. The van der Waals surface area contributed by atoms with Gasteiger partial charge < -0.3 is 14.9 Å². The molecule has 0 amide bonds. The first-order valence-electron chi connectivity index (χ1n) is 11.7. The number of fused-ring (bicyclic) bond motifs is 3. The summed E-state index contributed by atoms with van der Waals surface area (Å²) in [4.78, 5) is 13.2. The number of allylic oxidation sites excluding steroid dienone is 1. The number of phenols is 1. The highest BCUT2D eigenvalue weighted by atomic mass is 79.9. The van der Waals surface area contributed by atoms with E-state index in [-0.39, 0.29) is 21.9 Å². The van der Waals surface area contributed by atoms with Crippen molar-refractivity contribution in [3.05, 3.63) is 53.6 Å². The fourth-order valence-corrected chi connectivity index (χ4v) is 6.47. The molecule has 1 aliphatic heterocycles. The van der Waals surface area contributed by atoms with E-state index in [1.165, 1.54) is 5.57 Å². The van der Waals surface area contributed by atoms with Crippen LogP contribution in [0.2, 0.25) is 0 Å². The van der Waals surface area contributed by atoms with Crippen LogP contribution in [0.5, 0.6) is 5.75 Å². The zero-order valence-electron chi connectivity index (χ0n) is 19.9. The van der Waals surface area contributed by atoms with Gasteiger partial charge in [0, 0.05) is 9.65 Å². The number of halogens is 2. The van der Waals surface area contributed by atoms with Crippen molar-refractivity contribution in [1.82, 2.24) is 0 Å². The Bertz CT molecular complexity index is 925. The number of cyclic esters (lactones) is 1. The first-order valence-corrected chi connectivity index (χ1v) is 13.5. The monoisotopic (exact) mass is 582 g/mol. The summed E-state index contributed by atoms with van der Waals surface area (Å²) in [5, 5.41) is 21.9. The minimum absolute atomic E-state index is 0.110. The van der Waals surface area contributed by atoms with Crippen molar-refractivity contribution in [3.8, 4) is 5.75 Å². The number of aliphatic hydroxyl groups is 1. The number of esters is 1. The Kier molecular flexibility index (Phi) is 8.23. The molecule has 6 heteroatoms. The van der Waals surface area contributed by atoms with Gasteiger partial charge >= 0.3 is 5.97 Å². The molecule has 1 fully saturated rings. The van der Waals surface area contributed by atoms with E-state index in [4.69, 9.17) is 4.74 Å². The van der Waals surface area contributed by atoms with Crippen LogP contribution in [-0.4, -0.2) is 37.5 Å². The number of alkyl halides is 2. The lowest BCUT2D eigenvalue weighted by Crippen LogP contribution is -2.44. The van der Waals surface area contributed by atoms with Gasteiger partial charge in [-0.3, -0.25) is 0 Å². The van der Waals surface area contributed by atoms with Gasteiger partial charge in [-0.1, -0.05) is 57.5 Å². The normalized spacial score (nSPS) is 36.2. The summed E-state index contributed by atoms with van der Waals surface area (Å²) in [7, 11) is 0. The Morgan fingerprint density at radius 3 is 2.52 bits per heavy atom. The number of hydrogen-bond donors (Lipinski definition) is 2. The predicted octanol–water partition coefficient (Wildman–Crippen LogP) is 6.86. The molecule has 6 atom stereocenters. The molecule has 0 radical (unpaired) electrons. The summed E-state index contributed by atoms with van der Waals surface area (Å²) >= 11 is 7.71. The highest BCUT2D eigenvalue weighted by Gasteiger charge is 2.45. The van der Waals surface area contributed by atoms with E-state index in [0.29, 0.717) is 29.7 Å². The van der Waals surface area contributed by atoms with Crippen LogP contribution in [0, 0.1) is 11.3 Å². The summed E-state index contributed by atoms with van der Waals surface area (Å²) in [6.45, 7) is 14.3. The molecule has 0 saturated heterocycles. The van der Waals surface area contributed by atoms with Gasteiger partial charge in [0.05, 0.1) is 11.2 Å². The Hall–Kier alpha value is -1.11. The van der Waals surface area contributed by atoms with E-state index in [1.807, 2.05) is 13.8 Å². The van der Waals surface area contributed by atoms with E-state index in [1.54, 1.807) is 18.2 Å². The van der Waals surface area contributed by atoms with E-state index in [0.717, 1.165) is 36.8 Å². The summed E-state index contributed by atoms with van der Waals surface area (Å²) in [5.74, 6) is -0.135. The van der Waals surface area contributed by atoms with E-state index >= 15 is 0 Å². The van der Waals surface area contributed by atoms with Gasteiger partial charge in [-0.15, -0.1) is 0 Å². The van der Waals surface area contributed by atoms with Crippen molar-refractivity contribution in [3.63, 3.8) is 0 Å². The zero-order valence-corrected chi connectivity index (χ0v) is 23.0. The van der Waals surface area contributed by atoms with Gasteiger partial charge in [0.2, 0.25) is 0 Å². The minimum atomic E-state index is -0.963. The van der Waals surface area contributed by atoms with Crippen LogP contribution in [0.3, 0.4) is 0 Å². The first kappa shape index (κ1) is 26.5. The van der Waals surface area contributed by atoms with Crippen LogP contribution in [0.4, 0.5) is 0 Å². The van der Waals surface area contributed by atoms with Crippen LogP contribution in [0.25, 0.3) is 0 Å². The Labute approximate surface area is 214 Å². The molecule has 1 aromatic carbocycles. The van der Waals surface area contributed by atoms with Crippen LogP contribution in [0.15, 0.2) is 42.5 Å². The topological polar surface area (TPSA) is 66.8 Å². The van der Waals surface area contributed by atoms with Gasteiger partial charge in [0.25, 0.3) is 0 Å². The molecule has 182 valence electrons. The second-order valence-electron chi connectivity index (χ2n) is 10.4. The molecule has 4 nitrogen and oxygen atoms in total. The molecule has 6 unspecified atom stereocenters. The number of carbonyl (C=O) groups is 1. The number of ether oxygens (including phenoxy) is 1. The SMILES string of the molecule is C=C(C)C1CCC(C)(O)C(Br)CCC2(C)C(Br)CCC(=C)C2Cc2cc(ccc2O)C(=O)O1. The van der Waals surface area contributed by atoms with Gasteiger partial charge in [-0.2, -0.15) is 0 Å². The van der Waals surface area contributed by atoms with E-state index < -0.39 is 17.7 Å². The summed E-state index contributed by atoms with van der Waals surface area (Å²) < 4.78 is 5.79. The highest BCUT2D eigenvalue weighted by Crippen LogP contribution is 2.52. The molecular formula is C27H36Br2O4. The molecule has 33 heavy (non-hydrogen) atoms. The van der Waals surface area contributed by atoms with E-state index in [2.05, 4.69) is 51.9 Å². The number of phenolic OH excluding ortho intramolecular Hbond substituents is 1. The van der Waals surface area contributed by atoms with Crippen molar-refractivity contribution >= 4 is 37.8 Å². The lowest BCUT2D eigenvalue weighted by atomic mass is 9.61. The molecule has 2 N–H and O–H groups in total. The minimum Gasteiger partial charge on any atom is -0.508 e. The molecule has 1 heterocycles. The van der Waals surface area contributed by atoms with Crippen LogP contribution in [0.1, 0.15) is 75.2 Å². The average Bonchev–Trinajstić information content (AvgIpc) is 2.75. The Morgan fingerprint density at radius 1 is 1.15 bits per heavy atom.